The number of aromatic nitrogens is 2. The minimum atomic E-state index is -0.396. The Kier molecular flexibility index (Phi) is 7.92. The van der Waals surface area contributed by atoms with E-state index in [9.17, 15) is 4.79 Å². The van der Waals surface area contributed by atoms with Crippen molar-refractivity contribution in [3.63, 3.8) is 0 Å². The minimum absolute atomic E-state index is 0.250. The highest BCUT2D eigenvalue weighted by Crippen LogP contribution is 2.44. The highest BCUT2D eigenvalue weighted by atomic mass is 35.5. The van der Waals surface area contributed by atoms with E-state index in [1.807, 2.05) is 59.3 Å². The van der Waals surface area contributed by atoms with Crippen LogP contribution in [0, 0.1) is 11.8 Å². The molecule has 0 spiro atoms. The molecule has 6 rings (SSSR count). The minimum Gasteiger partial charge on any atom is -0.465 e. The number of ether oxygens (including phenoxy) is 1. The van der Waals surface area contributed by atoms with Gasteiger partial charge >= 0.3 is 5.97 Å². The lowest BCUT2D eigenvalue weighted by Gasteiger charge is -2.37. The molecule has 0 amide bonds. The third-order valence-electron chi connectivity index (χ3n) is 8.17. The van der Waals surface area contributed by atoms with E-state index in [0.717, 1.165) is 41.5 Å². The number of hydrogen-bond acceptors (Lipinski definition) is 5. The molecule has 0 aliphatic carbocycles. The molecule has 42 heavy (non-hydrogen) atoms. The molecule has 4 heterocycles. The first-order valence-electron chi connectivity index (χ1n) is 14.3. The Morgan fingerprint density at radius 2 is 1.76 bits per heavy atom. The van der Waals surface area contributed by atoms with Crippen LogP contribution in [0.3, 0.4) is 0 Å². The van der Waals surface area contributed by atoms with Crippen molar-refractivity contribution in [3.8, 4) is 5.69 Å². The van der Waals surface area contributed by atoms with Crippen LogP contribution in [0.1, 0.15) is 54.1 Å². The van der Waals surface area contributed by atoms with Gasteiger partial charge < -0.3 is 24.4 Å². The molecule has 4 atom stereocenters. The lowest BCUT2D eigenvalue weighted by molar-refractivity contribution is 0.0600. The van der Waals surface area contributed by atoms with Gasteiger partial charge in [0.1, 0.15) is 6.04 Å². The van der Waals surface area contributed by atoms with E-state index in [-0.39, 0.29) is 12.1 Å². The number of pyridine rings is 1. The summed E-state index contributed by atoms with van der Waals surface area (Å²) in [5, 5.41) is 4.80. The maximum Gasteiger partial charge on any atom is 0.339 e. The van der Waals surface area contributed by atoms with Gasteiger partial charge in [0, 0.05) is 36.9 Å². The molecule has 9 heteroatoms. The maximum atomic E-state index is 12.7. The molecule has 0 bridgehead atoms. The normalized spacial score (nSPS) is 22.2. The first kappa shape index (κ1) is 28.2. The zero-order valence-corrected chi connectivity index (χ0v) is 25.5. The Morgan fingerprint density at radius 3 is 2.48 bits per heavy atom. The van der Waals surface area contributed by atoms with E-state index in [0.29, 0.717) is 27.5 Å². The molecule has 0 radical (unpaired) electrons. The number of carbonyl (C=O) groups excluding carboxylic acids is 1. The lowest BCUT2D eigenvalue weighted by atomic mass is 9.91. The van der Waals surface area contributed by atoms with E-state index in [4.69, 9.17) is 28.6 Å². The lowest BCUT2D eigenvalue weighted by Crippen LogP contribution is -2.38. The Bertz CT molecular complexity index is 1600. The fraction of sp³-hybridized carbons (Fsp3) is 0.303. The summed E-state index contributed by atoms with van der Waals surface area (Å²) in [4.78, 5) is 21.9. The number of carbonyl (C=O) groups is 1. The summed E-state index contributed by atoms with van der Waals surface area (Å²) in [7, 11) is 1.40. The summed E-state index contributed by atoms with van der Waals surface area (Å²) in [5.41, 5.74) is 4.93. The molecule has 2 aliphatic heterocycles. The van der Waals surface area contributed by atoms with Crippen molar-refractivity contribution in [3.05, 3.63) is 107 Å². The van der Waals surface area contributed by atoms with Gasteiger partial charge in [-0.3, -0.25) is 4.98 Å². The van der Waals surface area contributed by atoms with Gasteiger partial charge in [-0.2, -0.15) is 0 Å². The zero-order chi connectivity index (χ0) is 29.4. The third kappa shape index (κ3) is 5.25. The standard InChI is InChI=1S/C33H34ClN5O2S/c1-21-17-22(2)20-37(19-21)28-14-13-23(18-25(28)34)39-31(30(36-33(39)42)26-10-6-7-15-35-26)29-12-8-16-38(29)27-11-5-4-9-24(27)32(40)41-3/h4-16,18,21-22,30-31H,17,19-20H2,1-3H3,(H,36,42)/t21-,22+,30-,31-/m0/s1. The fourth-order valence-corrected chi connectivity index (χ4v) is 7.16. The predicted molar refractivity (Wildman–Crippen MR) is 172 cm³/mol. The van der Waals surface area contributed by atoms with Crippen molar-refractivity contribution in [2.24, 2.45) is 11.8 Å². The number of halogens is 1. The molecule has 0 unspecified atom stereocenters. The number of anilines is 2. The summed E-state index contributed by atoms with van der Waals surface area (Å²) in [6.45, 7) is 6.58. The molecule has 7 nitrogen and oxygen atoms in total. The van der Waals surface area contributed by atoms with E-state index in [1.165, 1.54) is 13.5 Å². The summed E-state index contributed by atoms with van der Waals surface area (Å²) >= 11 is 13.0. The van der Waals surface area contributed by atoms with Gasteiger partial charge in [0.25, 0.3) is 0 Å². The van der Waals surface area contributed by atoms with Gasteiger partial charge in [-0.25, -0.2) is 4.79 Å². The van der Waals surface area contributed by atoms with Gasteiger partial charge in [-0.05, 0) is 85.1 Å². The molecule has 2 saturated heterocycles. The van der Waals surface area contributed by atoms with E-state index >= 15 is 0 Å². The first-order valence-corrected chi connectivity index (χ1v) is 15.0. The van der Waals surface area contributed by atoms with Crippen molar-refractivity contribution in [2.75, 3.05) is 30.0 Å². The third-order valence-corrected chi connectivity index (χ3v) is 8.79. The van der Waals surface area contributed by atoms with Gasteiger partial charge in [0.15, 0.2) is 5.11 Å². The second kappa shape index (κ2) is 11.8. The van der Waals surface area contributed by atoms with Crippen molar-refractivity contribution in [2.45, 2.75) is 32.4 Å². The monoisotopic (exact) mass is 599 g/mol. The van der Waals surface area contributed by atoms with E-state index in [2.05, 4.69) is 52.1 Å². The molecule has 216 valence electrons. The number of nitrogens with one attached hydrogen (secondary N) is 1. The Balaban J connectivity index is 1.45. The number of rotatable bonds is 6. The van der Waals surface area contributed by atoms with Crippen molar-refractivity contribution >= 4 is 46.3 Å². The number of methoxy groups -OCH3 is 1. The number of para-hydroxylation sites is 1. The Morgan fingerprint density at radius 1 is 1.00 bits per heavy atom. The van der Waals surface area contributed by atoms with Crippen LogP contribution in [0.25, 0.3) is 5.69 Å². The number of thiocarbonyl (C=S) groups is 1. The highest BCUT2D eigenvalue weighted by Gasteiger charge is 2.42. The highest BCUT2D eigenvalue weighted by molar-refractivity contribution is 7.80. The molecular weight excluding hydrogens is 566 g/mol. The van der Waals surface area contributed by atoms with Gasteiger partial charge in [-0.15, -0.1) is 0 Å². The molecule has 2 aromatic heterocycles. The average molecular weight is 600 g/mol. The first-order chi connectivity index (χ1) is 20.4. The second-order valence-electron chi connectivity index (χ2n) is 11.3. The van der Waals surface area contributed by atoms with E-state index < -0.39 is 5.97 Å². The topological polar surface area (TPSA) is 62.6 Å². The summed E-state index contributed by atoms with van der Waals surface area (Å²) in [5.74, 6) is 0.834. The smallest absolute Gasteiger partial charge is 0.339 e. The Hall–Kier alpha value is -3.88. The van der Waals surface area contributed by atoms with Crippen LogP contribution in [0.15, 0.2) is 85.2 Å². The van der Waals surface area contributed by atoms with E-state index in [1.54, 1.807) is 12.3 Å². The van der Waals surface area contributed by atoms with Crippen molar-refractivity contribution < 1.29 is 9.53 Å². The van der Waals surface area contributed by atoms with Crippen LogP contribution in [0.5, 0.6) is 0 Å². The van der Waals surface area contributed by atoms with Crippen molar-refractivity contribution in [1.82, 2.24) is 14.9 Å². The van der Waals surface area contributed by atoms with Crippen LogP contribution in [0.4, 0.5) is 11.4 Å². The number of nitrogens with zero attached hydrogens (tertiary/aromatic N) is 4. The largest absolute Gasteiger partial charge is 0.465 e. The SMILES string of the molecule is COC(=O)c1ccccc1-n1cccc1[C@H]1[C@H](c2ccccn2)NC(=S)N1c1ccc(N2C[C@H](C)C[C@H](C)C2)c(Cl)c1. The summed E-state index contributed by atoms with van der Waals surface area (Å²) < 4.78 is 7.13. The fourth-order valence-electron chi connectivity index (χ4n) is 6.52. The van der Waals surface area contributed by atoms with Gasteiger partial charge in [0.2, 0.25) is 0 Å². The molecular formula is C33H34ClN5O2S. The number of piperidine rings is 1. The van der Waals surface area contributed by atoms with Crippen LogP contribution in [-0.2, 0) is 4.74 Å². The Labute approximate surface area is 257 Å². The molecule has 2 aromatic carbocycles. The predicted octanol–water partition coefficient (Wildman–Crippen LogP) is 6.97. The maximum absolute atomic E-state index is 12.7. The summed E-state index contributed by atoms with van der Waals surface area (Å²) in [6.07, 6.45) is 4.98. The van der Waals surface area contributed by atoms with Gasteiger partial charge in [-0.1, -0.05) is 43.6 Å². The second-order valence-corrected chi connectivity index (χ2v) is 12.1. The molecule has 1 N–H and O–H groups in total. The summed E-state index contributed by atoms with van der Waals surface area (Å²) in [6, 6.07) is 23.1. The quantitative estimate of drug-likeness (QED) is 0.190. The average Bonchev–Trinajstić information content (AvgIpc) is 3.60. The number of hydrogen-bond donors (Lipinski definition) is 1. The van der Waals surface area contributed by atoms with Crippen LogP contribution >= 0.6 is 23.8 Å². The number of benzene rings is 2. The van der Waals surface area contributed by atoms with Crippen LogP contribution in [-0.4, -0.2) is 40.8 Å². The molecule has 0 saturated carbocycles. The van der Waals surface area contributed by atoms with Crippen molar-refractivity contribution in [1.29, 1.82) is 0 Å². The van der Waals surface area contributed by atoms with Crippen LogP contribution in [0.2, 0.25) is 5.02 Å². The molecule has 2 aliphatic rings. The van der Waals surface area contributed by atoms with Gasteiger partial charge in [0.05, 0.1) is 40.8 Å². The molecule has 2 fully saturated rings. The van der Waals surface area contributed by atoms with Crippen LogP contribution < -0.4 is 15.1 Å². The zero-order valence-electron chi connectivity index (χ0n) is 23.9. The molecule has 4 aromatic rings. The number of esters is 1.